The third-order valence-corrected chi connectivity index (χ3v) is 3.97. The molecule has 0 aromatic heterocycles. The van der Waals surface area contributed by atoms with Crippen molar-refractivity contribution in [1.29, 1.82) is 0 Å². The topological polar surface area (TPSA) is 67.6 Å². The van der Waals surface area contributed by atoms with E-state index in [1.54, 1.807) is 18.2 Å². The van der Waals surface area contributed by atoms with E-state index in [1.807, 2.05) is 0 Å². The fraction of sp³-hybridized carbons (Fsp3) is 0.500. The highest BCUT2D eigenvalue weighted by molar-refractivity contribution is 9.10. The van der Waals surface area contributed by atoms with Gasteiger partial charge in [0.25, 0.3) is 5.91 Å². The highest BCUT2D eigenvalue weighted by Gasteiger charge is 2.11. The van der Waals surface area contributed by atoms with Crippen LogP contribution in [0.1, 0.15) is 16.8 Å². The largest absolute Gasteiger partial charge is 0.399 e. The number of carbonyl (C=O) groups is 1. The van der Waals surface area contributed by atoms with Gasteiger partial charge in [-0.2, -0.15) is 0 Å². The quantitative estimate of drug-likeness (QED) is 0.628. The van der Waals surface area contributed by atoms with Gasteiger partial charge < -0.3 is 15.8 Å². The monoisotopic (exact) mass is 341 g/mol. The summed E-state index contributed by atoms with van der Waals surface area (Å²) in [5.41, 5.74) is 6.87. The first-order chi connectivity index (χ1) is 9.66. The fourth-order valence-electron chi connectivity index (χ4n) is 2.14. The van der Waals surface area contributed by atoms with Crippen LogP contribution < -0.4 is 11.1 Å². The molecule has 1 aromatic carbocycles. The first kappa shape index (κ1) is 15.3. The number of halogens is 1. The van der Waals surface area contributed by atoms with Crippen LogP contribution in [0.25, 0.3) is 0 Å². The van der Waals surface area contributed by atoms with Crippen molar-refractivity contribution in [2.24, 2.45) is 0 Å². The second kappa shape index (κ2) is 7.61. The number of amides is 1. The Hall–Kier alpha value is -1.11. The molecular formula is C14H20BrN3O2. The Balaban J connectivity index is 1.73. The van der Waals surface area contributed by atoms with Crippen LogP contribution in [0.3, 0.4) is 0 Å². The van der Waals surface area contributed by atoms with E-state index >= 15 is 0 Å². The molecule has 1 fully saturated rings. The second-order valence-electron chi connectivity index (χ2n) is 4.80. The lowest BCUT2D eigenvalue weighted by Crippen LogP contribution is -2.38. The fourth-order valence-corrected chi connectivity index (χ4v) is 2.57. The van der Waals surface area contributed by atoms with Crippen LogP contribution >= 0.6 is 15.9 Å². The molecule has 20 heavy (non-hydrogen) atoms. The molecule has 0 radical (unpaired) electrons. The molecule has 3 N–H and O–H groups in total. The Kier molecular flexibility index (Phi) is 5.82. The molecule has 5 nitrogen and oxygen atoms in total. The van der Waals surface area contributed by atoms with E-state index in [1.165, 1.54) is 0 Å². The average molecular weight is 342 g/mol. The van der Waals surface area contributed by atoms with Crippen LogP contribution in [0.2, 0.25) is 0 Å². The van der Waals surface area contributed by atoms with Gasteiger partial charge in [0.05, 0.1) is 18.8 Å². The van der Waals surface area contributed by atoms with Crippen LogP contribution in [0.4, 0.5) is 5.69 Å². The molecule has 1 amide bonds. The van der Waals surface area contributed by atoms with Crippen LogP contribution in [0.5, 0.6) is 0 Å². The van der Waals surface area contributed by atoms with Crippen molar-refractivity contribution in [3.63, 3.8) is 0 Å². The van der Waals surface area contributed by atoms with Crippen molar-refractivity contribution in [3.05, 3.63) is 28.2 Å². The Morgan fingerprint density at radius 2 is 2.15 bits per heavy atom. The third-order valence-electron chi connectivity index (χ3n) is 3.28. The van der Waals surface area contributed by atoms with Crippen molar-refractivity contribution in [2.45, 2.75) is 6.42 Å². The van der Waals surface area contributed by atoms with Gasteiger partial charge in [0.2, 0.25) is 0 Å². The highest BCUT2D eigenvalue weighted by atomic mass is 79.9. The zero-order valence-electron chi connectivity index (χ0n) is 11.4. The summed E-state index contributed by atoms with van der Waals surface area (Å²) >= 11 is 3.36. The molecule has 1 aliphatic rings. The summed E-state index contributed by atoms with van der Waals surface area (Å²) < 4.78 is 6.06. The van der Waals surface area contributed by atoms with E-state index in [0.29, 0.717) is 17.8 Å². The Labute approximate surface area is 127 Å². The molecule has 110 valence electrons. The summed E-state index contributed by atoms with van der Waals surface area (Å²) in [6.07, 6.45) is 0.936. The van der Waals surface area contributed by atoms with Crippen molar-refractivity contribution >= 4 is 27.5 Å². The summed E-state index contributed by atoms with van der Waals surface area (Å²) in [5.74, 6) is -0.0915. The Bertz CT molecular complexity index is 462. The van der Waals surface area contributed by atoms with E-state index in [9.17, 15) is 4.79 Å². The Morgan fingerprint density at radius 1 is 1.40 bits per heavy atom. The zero-order valence-corrected chi connectivity index (χ0v) is 13.0. The van der Waals surface area contributed by atoms with Gasteiger partial charge in [-0.05, 0) is 47.1 Å². The molecular weight excluding hydrogens is 322 g/mol. The normalized spacial score (nSPS) is 16.1. The number of morpholine rings is 1. The molecule has 1 heterocycles. The van der Waals surface area contributed by atoms with Gasteiger partial charge in [-0.3, -0.25) is 9.69 Å². The van der Waals surface area contributed by atoms with Gasteiger partial charge in [0, 0.05) is 29.8 Å². The van der Waals surface area contributed by atoms with Gasteiger partial charge in [-0.1, -0.05) is 0 Å². The van der Waals surface area contributed by atoms with Crippen molar-refractivity contribution in [3.8, 4) is 0 Å². The molecule has 0 spiro atoms. The van der Waals surface area contributed by atoms with Gasteiger partial charge in [-0.15, -0.1) is 0 Å². The standard InChI is InChI=1S/C14H20BrN3O2/c15-13-3-2-11(16)10-12(13)14(19)17-4-1-5-18-6-8-20-9-7-18/h2-3,10H,1,4-9,16H2,(H,17,19). The predicted octanol–water partition coefficient (Wildman–Crippen LogP) is 1.48. The molecule has 0 saturated carbocycles. The third kappa shape index (κ3) is 4.47. The lowest BCUT2D eigenvalue weighted by atomic mass is 10.2. The van der Waals surface area contributed by atoms with Crippen LogP contribution in [-0.2, 0) is 4.74 Å². The van der Waals surface area contributed by atoms with E-state index in [-0.39, 0.29) is 5.91 Å². The number of nitrogen functional groups attached to an aromatic ring is 1. The smallest absolute Gasteiger partial charge is 0.252 e. The van der Waals surface area contributed by atoms with E-state index in [2.05, 4.69) is 26.1 Å². The number of hydrogen-bond donors (Lipinski definition) is 2. The molecule has 2 rings (SSSR count). The SMILES string of the molecule is Nc1ccc(Br)c(C(=O)NCCCN2CCOCC2)c1. The minimum Gasteiger partial charge on any atom is -0.399 e. The predicted molar refractivity (Wildman–Crippen MR) is 82.8 cm³/mol. The maximum absolute atomic E-state index is 12.0. The highest BCUT2D eigenvalue weighted by Crippen LogP contribution is 2.19. The summed E-state index contributed by atoms with van der Waals surface area (Å²) in [5, 5.41) is 2.92. The molecule has 0 atom stereocenters. The first-order valence-electron chi connectivity index (χ1n) is 6.80. The van der Waals surface area contributed by atoms with Crippen LogP contribution in [0, 0.1) is 0 Å². The second-order valence-corrected chi connectivity index (χ2v) is 5.66. The minimum absolute atomic E-state index is 0.0915. The lowest BCUT2D eigenvalue weighted by Gasteiger charge is -2.26. The maximum atomic E-state index is 12.0. The molecule has 0 aliphatic carbocycles. The number of ether oxygens (including phenoxy) is 1. The van der Waals surface area contributed by atoms with Gasteiger partial charge >= 0.3 is 0 Å². The molecule has 0 unspecified atom stereocenters. The lowest BCUT2D eigenvalue weighted by molar-refractivity contribution is 0.0374. The summed E-state index contributed by atoms with van der Waals surface area (Å²) in [6.45, 7) is 5.23. The maximum Gasteiger partial charge on any atom is 0.252 e. The molecule has 6 heteroatoms. The average Bonchev–Trinajstić information content (AvgIpc) is 2.47. The number of nitrogens with one attached hydrogen (secondary N) is 1. The van der Waals surface area contributed by atoms with Crippen LogP contribution in [0.15, 0.2) is 22.7 Å². The summed E-state index contributed by atoms with van der Waals surface area (Å²) in [6, 6.07) is 5.23. The number of nitrogens with two attached hydrogens (primary N) is 1. The van der Waals surface area contributed by atoms with Crippen molar-refractivity contribution in [1.82, 2.24) is 10.2 Å². The van der Waals surface area contributed by atoms with E-state index in [4.69, 9.17) is 10.5 Å². The number of hydrogen-bond acceptors (Lipinski definition) is 4. The first-order valence-corrected chi connectivity index (χ1v) is 7.59. The summed E-state index contributed by atoms with van der Waals surface area (Å²) in [7, 11) is 0. The molecule has 0 bridgehead atoms. The molecule has 1 aliphatic heterocycles. The Morgan fingerprint density at radius 3 is 2.90 bits per heavy atom. The van der Waals surface area contributed by atoms with Gasteiger partial charge in [0.1, 0.15) is 0 Å². The van der Waals surface area contributed by atoms with E-state index < -0.39 is 0 Å². The molecule has 1 aromatic rings. The zero-order chi connectivity index (χ0) is 14.4. The summed E-state index contributed by atoms with van der Waals surface area (Å²) in [4.78, 5) is 14.4. The number of rotatable bonds is 5. The van der Waals surface area contributed by atoms with E-state index in [0.717, 1.165) is 43.7 Å². The number of nitrogens with zero attached hydrogens (tertiary/aromatic N) is 1. The van der Waals surface area contributed by atoms with Gasteiger partial charge in [0.15, 0.2) is 0 Å². The molecule has 1 saturated heterocycles. The van der Waals surface area contributed by atoms with Gasteiger partial charge in [-0.25, -0.2) is 0 Å². The van der Waals surface area contributed by atoms with Crippen molar-refractivity contribution in [2.75, 3.05) is 45.1 Å². The van der Waals surface area contributed by atoms with Crippen LogP contribution in [-0.4, -0.2) is 50.2 Å². The number of anilines is 1. The number of benzene rings is 1. The van der Waals surface area contributed by atoms with Crippen molar-refractivity contribution < 1.29 is 9.53 Å². The number of carbonyl (C=O) groups excluding carboxylic acids is 1. The minimum atomic E-state index is -0.0915.